The van der Waals surface area contributed by atoms with Crippen molar-refractivity contribution in [3.8, 4) is 0 Å². The number of hydrogen-bond donors (Lipinski definition) is 2. The van der Waals surface area contributed by atoms with E-state index in [1.165, 1.54) is 0 Å². The van der Waals surface area contributed by atoms with Gasteiger partial charge in [-0.15, -0.1) is 0 Å². The highest BCUT2D eigenvalue weighted by molar-refractivity contribution is 6.33. The summed E-state index contributed by atoms with van der Waals surface area (Å²) < 4.78 is 1.61. The van der Waals surface area contributed by atoms with Crippen LogP contribution >= 0.6 is 11.6 Å². The SMILES string of the molecule is CC(NC(=O)C1CCC1)C(=O)NCCc1cnc2c(Cl)cnn2c1. The number of carbonyl (C=O) groups is 2. The number of nitrogens with one attached hydrogen (secondary N) is 2. The lowest BCUT2D eigenvalue weighted by molar-refractivity contribution is -0.132. The number of aromatic nitrogens is 3. The molecule has 0 saturated heterocycles. The molecule has 3 rings (SSSR count). The lowest BCUT2D eigenvalue weighted by Gasteiger charge is -2.25. The lowest BCUT2D eigenvalue weighted by Crippen LogP contribution is -2.48. The summed E-state index contributed by atoms with van der Waals surface area (Å²) in [4.78, 5) is 28.1. The first-order valence-corrected chi connectivity index (χ1v) is 8.48. The summed E-state index contributed by atoms with van der Waals surface area (Å²) >= 11 is 5.95. The van der Waals surface area contributed by atoms with E-state index in [1.54, 1.807) is 23.8 Å². The molecule has 1 fully saturated rings. The van der Waals surface area contributed by atoms with Crippen LogP contribution in [-0.4, -0.2) is 39.0 Å². The van der Waals surface area contributed by atoms with Gasteiger partial charge >= 0.3 is 0 Å². The van der Waals surface area contributed by atoms with Gasteiger partial charge in [-0.2, -0.15) is 5.10 Å². The number of amides is 2. The Hall–Kier alpha value is -2.15. The topological polar surface area (TPSA) is 88.4 Å². The molecule has 1 aliphatic rings. The van der Waals surface area contributed by atoms with Crippen LogP contribution < -0.4 is 10.6 Å². The number of rotatable bonds is 6. The van der Waals surface area contributed by atoms with Crippen LogP contribution in [-0.2, 0) is 16.0 Å². The third-order valence-electron chi connectivity index (χ3n) is 4.31. The molecule has 0 spiro atoms. The van der Waals surface area contributed by atoms with Crippen molar-refractivity contribution in [1.29, 1.82) is 0 Å². The number of carbonyl (C=O) groups excluding carboxylic acids is 2. The molecule has 1 aliphatic carbocycles. The van der Waals surface area contributed by atoms with E-state index in [9.17, 15) is 9.59 Å². The van der Waals surface area contributed by atoms with Gasteiger partial charge in [-0.05, 0) is 31.7 Å². The summed E-state index contributed by atoms with van der Waals surface area (Å²) in [7, 11) is 0. The van der Waals surface area contributed by atoms with Crippen LogP contribution in [0.15, 0.2) is 18.6 Å². The summed E-state index contributed by atoms with van der Waals surface area (Å²) in [5.74, 6) is -0.119. The van der Waals surface area contributed by atoms with E-state index in [1.807, 2.05) is 6.20 Å². The molecule has 2 amide bonds. The van der Waals surface area contributed by atoms with Crippen LogP contribution in [0.25, 0.3) is 5.65 Å². The van der Waals surface area contributed by atoms with E-state index in [0.29, 0.717) is 23.6 Å². The van der Waals surface area contributed by atoms with Crippen molar-refractivity contribution >= 4 is 29.1 Å². The monoisotopic (exact) mass is 349 g/mol. The molecule has 1 atom stereocenters. The van der Waals surface area contributed by atoms with Crippen LogP contribution in [0.3, 0.4) is 0 Å². The van der Waals surface area contributed by atoms with Crippen LogP contribution in [0.5, 0.6) is 0 Å². The Morgan fingerprint density at radius 1 is 1.42 bits per heavy atom. The van der Waals surface area contributed by atoms with Crippen LogP contribution in [0.1, 0.15) is 31.7 Å². The molecule has 2 N–H and O–H groups in total. The zero-order valence-electron chi connectivity index (χ0n) is 13.5. The maximum absolute atomic E-state index is 12.0. The normalized spacial score (nSPS) is 15.8. The standard InChI is InChI=1S/C16H20ClN5O2/c1-10(21-16(24)12-3-2-4-12)15(23)18-6-5-11-7-19-14-13(17)8-20-22(14)9-11/h7-10,12H,2-6H2,1H3,(H,18,23)(H,21,24). The zero-order chi connectivity index (χ0) is 17.1. The lowest BCUT2D eigenvalue weighted by atomic mass is 9.84. The van der Waals surface area contributed by atoms with Crippen LogP contribution in [0.2, 0.25) is 5.02 Å². The van der Waals surface area contributed by atoms with Gasteiger partial charge in [0.1, 0.15) is 11.1 Å². The van der Waals surface area contributed by atoms with Crippen molar-refractivity contribution in [2.45, 2.75) is 38.6 Å². The molecule has 8 heteroatoms. The second-order valence-electron chi connectivity index (χ2n) is 6.12. The van der Waals surface area contributed by atoms with Crippen molar-refractivity contribution < 1.29 is 9.59 Å². The summed E-state index contributed by atoms with van der Waals surface area (Å²) in [6.45, 7) is 2.16. The van der Waals surface area contributed by atoms with Gasteiger partial charge in [-0.25, -0.2) is 9.50 Å². The Bertz CT molecular complexity index is 756. The Kier molecular flexibility index (Phi) is 4.99. The molecule has 128 valence electrons. The Labute approximate surface area is 144 Å². The average Bonchev–Trinajstić information content (AvgIpc) is 2.86. The van der Waals surface area contributed by atoms with Crippen LogP contribution in [0, 0.1) is 5.92 Å². The van der Waals surface area contributed by atoms with E-state index in [4.69, 9.17) is 11.6 Å². The van der Waals surface area contributed by atoms with E-state index >= 15 is 0 Å². The van der Waals surface area contributed by atoms with Crippen molar-refractivity contribution in [3.63, 3.8) is 0 Å². The zero-order valence-corrected chi connectivity index (χ0v) is 14.2. The van der Waals surface area contributed by atoms with Crippen LogP contribution in [0.4, 0.5) is 0 Å². The van der Waals surface area contributed by atoms with Crippen molar-refractivity contribution in [3.05, 3.63) is 29.2 Å². The van der Waals surface area contributed by atoms with E-state index in [2.05, 4.69) is 20.7 Å². The quantitative estimate of drug-likeness (QED) is 0.823. The smallest absolute Gasteiger partial charge is 0.242 e. The molecular formula is C16H20ClN5O2. The highest BCUT2D eigenvalue weighted by atomic mass is 35.5. The Morgan fingerprint density at radius 2 is 2.21 bits per heavy atom. The average molecular weight is 350 g/mol. The van der Waals surface area contributed by atoms with Gasteiger partial charge in [0.05, 0.1) is 6.20 Å². The van der Waals surface area contributed by atoms with Crippen molar-refractivity contribution in [1.82, 2.24) is 25.2 Å². The van der Waals surface area contributed by atoms with E-state index < -0.39 is 6.04 Å². The number of hydrogen-bond acceptors (Lipinski definition) is 4. The first-order valence-electron chi connectivity index (χ1n) is 8.10. The van der Waals surface area contributed by atoms with Gasteiger partial charge in [0, 0.05) is 24.9 Å². The van der Waals surface area contributed by atoms with Gasteiger partial charge in [0.15, 0.2) is 5.65 Å². The molecule has 1 saturated carbocycles. The predicted octanol–water partition coefficient (Wildman–Crippen LogP) is 1.35. The minimum atomic E-state index is -0.524. The highest BCUT2D eigenvalue weighted by Gasteiger charge is 2.27. The molecule has 2 heterocycles. The van der Waals surface area contributed by atoms with Gasteiger partial charge in [-0.1, -0.05) is 18.0 Å². The van der Waals surface area contributed by atoms with E-state index in [-0.39, 0.29) is 17.7 Å². The maximum Gasteiger partial charge on any atom is 0.242 e. The number of nitrogens with zero attached hydrogens (tertiary/aromatic N) is 3. The fourth-order valence-electron chi connectivity index (χ4n) is 2.56. The molecule has 0 bridgehead atoms. The van der Waals surface area contributed by atoms with E-state index in [0.717, 1.165) is 24.8 Å². The Balaban J connectivity index is 1.45. The van der Waals surface area contributed by atoms with Gasteiger partial charge in [0.2, 0.25) is 11.8 Å². The second kappa shape index (κ2) is 7.17. The molecule has 2 aromatic heterocycles. The minimum Gasteiger partial charge on any atom is -0.354 e. The largest absolute Gasteiger partial charge is 0.354 e. The molecule has 24 heavy (non-hydrogen) atoms. The highest BCUT2D eigenvalue weighted by Crippen LogP contribution is 2.26. The molecular weight excluding hydrogens is 330 g/mol. The Morgan fingerprint density at radius 3 is 2.92 bits per heavy atom. The minimum absolute atomic E-state index is 0.0193. The molecule has 0 radical (unpaired) electrons. The first kappa shape index (κ1) is 16.7. The summed E-state index contributed by atoms with van der Waals surface area (Å²) in [6, 6.07) is -0.524. The van der Waals surface area contributed by atoms with Gasteiger partial charge < -0.3 is 10.6 Å². The van der Waals surface area contributed by atoms with Crippen molar-refractivity contribution in [2.24, 2.45) is 5.92 Å². The maximum atomic E-state index is 12.0. The van der Waals surface area contributed by atoms with Crippen molar-refractivity contribution in [2.75, 3.05) is 6.54 Å². The second-order valence-corrected chi connectivity index (χ2v) is 6.53. The molecule has 0 aromatic carbocycles. The third-order valence-corrected chi connectivity index (χ3v) is 4.57. The molecule has 1 unspecified atom stereocenters. The first-order chi connectivity index (χ1) is 11.5. The fraction of sp³-hybridized carbons (Fsp3) is 0.500. The molecule has 7 nitrogen and oxygen atoms in total. The summed E-state index contributed by atoms with van der Waals surface area (Å²) in [6.07, 6.45) is 8.66. The predicted molar refractivity (Wildman–Crippen MR) is 89.7 cm³/mol. The number of halogens is 1. The molecule has 0 aliphatic heterocycles. The molecule has 2 aromatic rings. The number of fused-ring (bicyclic) bond motifs is 1. The summed E-state index contributed by atoms with van der Waals surface area (Å²) in [5.41, 5.74) is 1.55. The third kappa shape index (κ3) is 3.67. The van der Waals surface area contributed by atoms with Gasteiger partial charge in [-0.3, -0.25) is 9.59 Å². The summed E-state index contributed by atoms with van der Waals surface area (Å²) in [5, 5.41) is 10.2. The van der Waals surface area contributed by atoms with Gasteiger partial charge in [0.25, 0.3) is 0 Å². The fourth-order valence-corrected chi connectivity index (χ4v) is 2.74.